The maximum atomic E-state index is 13.3. The van der Waals surface area contributed by atoms with Gasteiger partial charge in [-0.25, -0.2) is 9.37 Å². The van der Waals surface area contributed by atoms with Crippen LogP contribution < -0.4 is 10.6 Å². The number of hydrogen-bond donors (Lipinski definition) is 3. The molecule has 5 nitrogen and oxygen atoms in total. The zero-order chi connectivity index (χ0) is 19.7. The molecule has 0 aliphatic heterocycles. The Morgan fingerprint density at radius 1 is 1.14 bits per heavy atom. The molecule has 3 N–H and O–H groups in total. The summed E-state index contributed by atoms with van der Waals surface area (Å²) in [5, 5.41) is 5.86. The molecule has 2 unspecified atom stereocenters. The lowest BCUT2D eigenvalue weighted by Gasteiger charge is -2.31. The Morgan fingerprint density at radius 3 is 2.68 bits per heavy atom. The Bertz CT molecular complexity index is 999. The Labute approximate surface area is 171 Å². The Morgan fingerprint density at radius 2 is 1.93 bits per heavy atom. The number of carbonyl (C=O) groups is 1. The molecular weight excluding hydrogens is 402 g/mol. The fraction of sp³-hybridized carbons (Fsp3) is 0.300. The normalized spacial score (nSPS) is 22.2. The minimum atomic E-state index is -0.408. The summed E-state index contributed by atoms with van der Waals surface area (Å²) in [6, 6.07) is 10.8. The maximum absolute atomic E-state index is 13.3. The van der Waals surface area contributed by atoms with Gasteiger partial charge in [0.2, 0.25) is 5.95 Å². The van der Waals surface area contributed by atoms with Crippen molar-refractivity contribution in [3.8, 4) is 0 Å². The van der Waals surface area contributed by atoms with Crippen molar-refractivity contribution in [1.29, 1.82) is 0 Å². The number of nitrogens with one attached hydrogen (secondary N) is 3. The van der Waals surface area contributed by atoms with Gasteiger partial charge in [-0.2, -0.15) is 0 Å². The molecule has 1 heterocycles. The van der Waals surface area contributed by atoms with E-state index in [1.54, 1.807) is 30.3 Å². The molecule has 4 rings (SSSR count). The number of halogens is 3. The fourth-order valence-corrected chi connectivity index (χ4v) is 4.28. The van der Waals surface area contributed by atoms with Crippen LogP contribution in [0.5, 0.6) is 0 Å². The average Bonchev–Trinajstić information content (AvgIpc) is 3.06. The zero-order valence-electron chi connectivity index (χ0n) is 14.9. The molecule has 0 radical (unpaired) electrons. The molecule has 146 valence electrons. The molecule has 0 bridgehead atoms. The van der Waals surface area contributed by atoms with Crippen LogP contribution in [0.2, 0.25) is 0 Å². The van der Waals surface area contributed by atoms with E-state index in [0.717, 1.165) is 24.8 Å². The number of alkyl halides is 2. The van der Waals surface area contributed by atoms with E-state index in [1.807, 2.05) is 0 Å². The zero-order valence-corrected chi connectivity index (χ0v) is 16.4. The number of rotatable bonds is 4. The van der Waals surface area contributed by atoms with E-state index in [4.69, 9.17) is 23.2 Å². The van der Waals surface area contributed by atoms with E-state index in [2.05, 4.69) is 20.6 Å². The monoisotopic (exact) mass is 420 g/mol. The predicted octanol–water partition coefficient (Wildman–Crippen LogP) is 5.13. The fourth-order valence-electron chi connectivity index (χ4n) is 3.42. The summed E-state index contributed by atoms with van der Waals surface area (Å²) >= 11 is 12.8. The van der Waals surface area contributed by atoms with Crippen LogP contribution in [0.1, 0.15) is 29.6 Å². The predicted molar refractivity (Wildman–Crippen MR) is 111 cm³/mol. The molecule has 2 atom stereocenters. The highest BCUT2D eigenvalue weighted by molar-refractivity contribution is 6.25. The molecule has 28 heavy (non-hydrogen) atoms. The molecule has 1 saturated carbocycles. The van der Waals surface area contributed by atoms with E-state index in [1.165, 1.54) is 12.1 Å². The molecular formula is C20H19Cl2FN4O. The van der Waals surface area contributed by atoms with Gasteiger partial charge in [0, 0.05) is 11.3 Å². The van der Waals surface area contributed by atoms with Gasteiger partial charge < -0.3 is 15.6 Å². The van der Waals surface area contributed by atoms with Gasteiger partial charge in [0.25, 0.3) is 5.91 Å². The molecule has 0 saturated heterocycles. The number of benzene rings is 2. The molecule has 8 heteroatoms. The Hall–Kier alpha value is -2.31. The number of H-pyrrole nitrogens is 1. The number of carbonyl (C=O) groups excluding carboxylic acids is 1. The number of aromatic amines is 1. The standard InChI is InChI=1S/C20H19Cl2FN4O/c21-14-5-2-6-15(22)18(14)27-20-25-16-8-7-11(9-17(16)26-20)19(28)24-13-4-1-3-12(23)10-13/h1,3-4,7-10,14-15,18H,2,5-6H2,(H,24,28)(H2,25,26,27). The first kappa shape index (κ1) is 19.0. The molecule has 3 aromatic rings. The van der Waals surface area contributed by atoms with Gasteiger partial charge in [0.05, 0.1) is 27.8 Å². The molecule has 1 amide bonds. The first-order valence-electron chi connectivity index (χ1n) is 9.11. The highest BCUT2D eigenvalue weighted by atomic mass is 35.5. The molecule has 1 aliphatic carbocycles. The highest BCUT2D eigenvalue weighted by Gasteiger charge is 2.31. The number of nitrogens with zero attached hydrogens (tertiary/aromatic N) is 1. The number of fused-ring (bicyclic) bond motifs is 1. The smallest absolute Gasteiger partial charge is 0.255 e. The van der Waals surface area contributed by atoms with Gasteiger partial charge in [-0.15, -0.1) is 23.2 Å². The second kappa shape index (κ2) is 7.97. The Balaban J connectivity index is 1.52. The summed E-state index contributed by atoms with van der Waals surface area (Å²) in [5.74, 6) is -0.172. The van der Waals surface area contributed by atoms with Crippen LogP contribution in [0.25, 0.3) is 11.0 Å². The van der Waals surface area contributed by atoms with Gasteiger partial charge >= 0.3 is 0 Å². The summed E-state index contributed by atoms with van der Waals surface area (Å²) in [6.45, 7) is 0. The SMILES string of the molecule is O=C(Nc1cccc(F)c1)c1ccc2[nH]c(NC3C(Cl)CCCC3Cl)nc2c1. The topological polar surface area (TPSA) is 69.8 Å². The minimum absolute atomic E-state index is 0.0583. The van der Waals surface area contributed by atoms with Crippen LogP contribution in [0.15, 0.2) is 42.5 Å². The van der Waals surface area contributed by atoms with E-state index >= 15 is 0 Å². The first-order valence-corrected chi connectivity index (χ1v) is 9.98. The van der Waals surface area contributed by atoms with Crippen molar-refractivity contribution < 1.29 is 9.18 Å². The maximum Gasteiger partial charge on any atom is 0.255 e. The van der Waals surface area contributed by atoms with Crippen molar-refractivity contribution >= 4 is 51.8 Å². The lowest BCUT2D eigenvalue weighted by Crippen LogP contribution is -2.41. The van der Waals surface area contributed by atoms with E-state index in [9.17, 15) is 9.18 Å². The first-order chi connectivity index (χ1) is 13.5. The molecule has 0 spiro atoms. The Kier molecular flexibility index (Phi) is 5.42. The summed E-state index contributed by atoms with van der Waals surface area (Å²) in [7, 11) is 0. The van der Waals surface area contributed by atoms with Gasteiger partial charge in [-0.05, 0) is 49.2 Å². The van der Waals surface area contributed by atoms with Crippen LogP contribution >= 0.6 is 23.2 Å². The van der Waals surface area contributed by atoms with Crippen LogP contribution in [-0.4, -0.2) is 32.7 Å². The van der Waals surface area contributed by atoms with Gasteiger partial charge in [0.15, 0.2) is 0 Å². The van der Waals surface area contributed by atoms with Crippen molar-refractivity contribution in [3.05, 3.63) is 53.8 Å². The summed E-state index contributed by atoms with van der Waals surface area (Å²) in [6.07, 6.45) is 2.84. The number of imidazole rings is 1. The second-order valence-corrected chi connectivity index (χ2v) is 8.04. The van der Waals surface area contributed by atoms with Crippen LogP contribution in [0.4, 0.5) is 16.0 Å². The van der Waals surface area contributed by atoms with E-state index < -0.39 is 5.82 Å². The third-order valence-corrected chi connectivity index (χ3v) is 5.85. The molecule has 1 aromatic heterocycles. The van der Waals surface area contributed by atoms with E-state index in [-0.39, 0.29) is 22.7 Å². The average molecular weight is 421 g/mol. The van der Waals surface area contributed by atoms with Gasteiger partial charge in [0.1, 0.15) is 5.82 Å². The molecule has 2 aromatic carbocycles. The van der Waals surface area contributed by atoms with Crippen LogP contribution in [0.3, 0.4) is 0 Å². The van der Waals surface area contributed by atoms with Crippen molar-refractivity contribution in [2.24, 2.45) is 0 Å². The number of hydrogen-bond acceptors (Lipinski definition) is 3. The lowest BCUT2D eigenvalue weighted by atomic mass is 9.94. The summed E-state index contributed by atoms with van der Waals surface area (Å²) in [4.78, 5) is 20.2. The third kappa shape index (κ3) is 4.08. The van der Waals surface area contributed by atoms with Crippen LogP contribution in [-0.2, 0) is 0 Å². The number of anilines is 2. The van der Waals surface area contributed by atoms with E-state index in [0.29, 0.717) is 22.7 Å². The number of aromatic nitrogens is 2. The summed E-state index contributed by atoms with van der Waals surface area (Å²) in [5.41, 5.74) is 2.26. The lowest BCUT2D eigenvalue weighted by molar-refractivity contribution is 0.102. The van der Waals surface area contributed by atoms with Crippen molar-refractivity contribution in [3.63, 3.8) is 0 Å². The number of amides is 1. The van der Waals surface area contributed by atoms with Crippen LogP contribution in [0, 0.1) is 5.82 Å². The molecule has 1 aliphatic rings. The largest absolute Gasteiger partial charge is 0.350 e. The van der Waals surface area contributed by atoms with Crippen molar-refractivity contribution in [2.45, 2.75) is 36.1 Å². The highest BCUT2D eigenvalue weighted by Crippen LogP contribution is 2.30. The molecule has 1 fully saturated rings. The summed E-state index contributed by atoms with van der Waals surface area (Å²) < 4.78 is 13.3. The minimum Gasteiger partial charge on any atom is -0.350 e. The van der Waals surface area contributed by atoms with Crippen molar-refractivity contribution in [1.82, 2.24) is 9.97 Å². The van der Waals surface area contributed by atoms with Crippen molar-refractivity contribution in [2.75, 3.05) is 10.6 Å². The quantitative estimate of drug-likeness (QED) is 0.512. The second-order valence-electron chi connectivity index (χ2n) is 6.91. The van der Waals surface area contributed by atoms with Gasteiger partial charge in [-0.3, -0.25) is 4.79 Å². The van der Waals surface area contributed by atoms with Gasteiger partial charge in [-0.1, -0.05) is 12.5 Å². The third-order valence-electron chi connectivity index (χ3n) is 4.87.